The minimum atomic E-state index is -4.59. The van der Waals surface area contributed by atoms with E-state index in [1.54, 1.807) is 78.9 Å². The fourth-order valence-corrected chi connectivity index (χ4v) is 12.7. The molecule has 36 nitrogen and oxygen atoms in total. The molecule has 0 heterocycles. The van der Waals surface area contributed by atoms with E-state index in [0.29, 0.717) is 43.8 Å². The normalized spacial score (nSPS) is 10.8. The van der Waals surface area contributed by atoms with Crippen molar-refractivity contribution in [2.75, 3.05) is 0 Å². The van der Waals surface area contributed by atoms with E-state index in [1.165, 1.54) is 65.4 Å². The van der Waals surface area contributed by atoms with Crippen molar-refractivity contribution in [3.05, 3.63) is 218 Å². The topological polar surface area (TPSA) is 633 Å². The molecule has 12 rings (SSSR count). The molecule has 0 aliphatic carbocycles. The van der Waals surface area contributed by atoms with Gasteiger partial charge in [-0.2, -0.15) is 50.5 Å². The predicted octanol–water partition coefficient (Wildman–Crippen LogP) is 5.40. The molecule has 0 fully saturated rings. The Morgan fingerprint density at radius 3 is 0.750 bits per heavy atom. The maximum atomic E-state index is 11.6. The van der Waals surface area contributed by atoms with Gasteiger partial charge in [0.25, 0.3) is 60.7 Å². The maximum Gasteiger partial charge on any atom is 0.425 e. The third kappa shape index (κ3) is 31.2. The lowest BCUT2D eigenvalue weighted by Crippen LogP contribution is -2.04. The molecule has 554 valence electrons. The van der Waals surface area contributed by atoms with Crippen molar-refractivity contribution in [3.63, 3.8) is 0 Å². The molecule has 0 amide bonds. The highest BCUT2D eigenvalue weighted by molar-refractivity contribution is 7.87. The van der Waals surface area contributed by atoms with Gasteiger partial charge in [0, 0.05) is 21.5 Å². The lowest BCUT2D eigenvalue weighted by molar-refractivity contribution is 0.478. The zero-order valence-corrected chi connectivity index (χ0v) is 60.4. The van der Waals surface area contributed by atoms with Gasteiger partial charge in [-0.25, -0.2) is 0 Å². The zero-order valence-electron chi connectivity index (χ0n) is 50.6. The molecule has 0 atom stereocenters. The Morgan fingerprint density at radius 1 is 0.183 bits per heavy atom. The van der Waals surface area contributed by atoms with E-state index in [2.05, 4.69) is 48.5 Å². The average molecular weight is 1680 g/mol. The van der Waals surface area contributed by atoms with Crippen LogP contribution < -0.4 is 0 Å². The highest BCUT2D eigenvalue weighted by Gasteiger charge is 2.23. The Bertz CT molecular complexity index is 6220. The first-order chi connectivity index (χ1) is 47.9. The molecule has 0 unspecified atom stereocenters. The monoisotopic (exact) mass is 1670 g/mol. The second-order valence-corrected chi connectivity index (χ2v) is 29.5. The molecule has 6 N–H and O–H groups in total. The molecule has 0 bridgehead atoms. The Labute approximate surface area is 596 Å². The molecule has 12 aromatic carbocycles. The van der Waals surface area contributed by atoms with Crippen LogP contribution in [0.1, 0.15) is 0 Å². The first-order valence-corrected chi connectivity index (χ1v) is 40.6. The van der Waals surface area contributed by atoms with Crippen LogP contribution in [0.2, 0.25) is 0 Å². The lowest BCUT2D eigenvalue weighted by Gasteiger charge is -2.14. The summed E-state index contributed by atoms with van der Waals surface area (Å²) in [7, 11) is -44.9. The quantitative estimate of drug-likeness (QED) is 0.0896. The number of rotatable bonds is 6. The molecular formula is C56H42O36S12. The fourth-order valence-electron chi connectivity index (χ4n) is 8.69. The summed E-state index contributed by atoms with van der Waals surface area (Å²) in [6.45, 7) is 0. The number of fused-ring (bicyclic) bond motifs is 4. The Morgan fingerprint density at radius 2 is 0.423 bits per heavy atom. The largest absolute Gasteiger partial charge is 0.425 e. The summed E-state index contributed by atoms with van der Waals surface area (Å²) in [6, 6.07) is 60.4. The smallest absolute Gasteiger partial charge is 0.282 e. The number of hydrogen-bond donors (Lipinski definition) is 6. The maximum absolute atomic E-state index is 11.6. The van der Waals surface area contributed by atoms with Gasteiger partial charge < -0.3 is 0 Å². The lowest BCUT2D eigenvalue weighted by atomic mass is 9.94. The van der Waals surface area contributed by atoms with Crippen LogP contribution in [0.4, 0.5) is 0 Å². The first kappa shape index (κ1) is 90.0. The van der Waals surface area contributed by atoms with Gasteiger partial charge in [0.1, 0.15) is 19.6 Å². The van der Waals surface area contributed by atoms with Gasteiger partial charge in [-0.1, -0.05) is 176 Å². The summed E-state index contributed by atoms with van der Waals surface area (Å²) in [5.41, 5.74) is 0. The molecule has 0 aliphatic heterocycles. The van der Waals surface area contributed by atoms with E-state index >= 15 is 0 Å². The van der Waals surface area contributed by atoms with Crippen LogP contribution in [-0.4, -0.2) is 154 Å². The van der Waals surface area contributed by atoms with Gasteiger partial charge in [-0.3, -0.25) is 27.3 Å². The molecule has 0 saturated heterocycles. The van der Waals surface area contributed by atoms with Crippen molar-refractivity contribution in [2.24, 2.45) is 0 Å². The fraction of sp³-hybridized carbons (Fsp3) is 0. The molecule has 0 saturated carbocycles. The van der Waals surface area contributed by atoms with Crippen molar-refractivity contribution < 1.29 is 154 Å². The van der Waals surface area contributed by atoms with Crippen LogP contribution in [0, 0.1) is 0 Å². The number of hydrogen-bond acceptors (Lipinski definition) is 30. The van der Waals surface area contributed by atoms with E-state index in [1.807, 2.05) is 24.3 Å². The molecule has 0 radical (unpaired) electrons. The van der Waals surface area contributed by atoms with E-state index in [4.69, 9.17) is 94.0 Å². The summed E-state index contributed by atoms with van der Waals surface area (Å²) in [6.07, 6.45) is 0. The predicted molar refractivity (Wildman–Crippen MR) is 363 cm³/mol. The van der Waals surface area contributed by atoms with Crippen LogP contribution >= 0.6 is 0 Å². The van der Waals surface area contributed by atoms with E-state index < -0.39 is 134 Å². The van der Waals surface area contributed by atoms with Crippen LogP contribution in [0.25, 0.3) is 75.4 Å². The Hall–Kier alpha value is -10.1. The minimum absolute atomic E-state index is 0.0457. The summed E-state index contributed by atoms with van der Waals surface area (Å²) >= 11 is 0. The van der Waals surface area contributed by atoms with Gasteiger partial charge >= 0.3 is 63.7 Å². The highest BCUT2D eigenvalue weighted by atomic mass is 32.2. The Balaban J connectivity index is 0.000000416. The van der Waals surface area contributed by atoms with Crippen molar-refractivity contribution in [1.29, 1.82) is 0 Å². The van der Waals surface area contributed by atoms with Crippen LogP contribution in [-0.2, 0) is 124 Å². The molecular weight excluding hydrogens is 1630 g/mol. The van der Waals surface area contributed by atoms with Crippen LogP contribution in [0.15, 0.2) is 248 Å². The van der Waals surface area contributed by atoms with Crippen LogP contribution in [0.5, 0.6) is 0 Å². The standard InChI is InChI=1S/C16H10O6S2.C10H8O6S2.2C10H8O3S.C10H8.6O3S/c17-23(18,19)13-7-3-9-1-2-10-4-8-14(24(20,21)22)12-6-5-11(13)15(9)16(10)12;11-17(12,13)8-5-7-3-1-2-4-9(7)10(6-8)18(14,15)16;11-14(12,13)10-7-3-5-8-4-1-2-6-9(8)10;11-14(12,13)10-6-5-8-3-1-2-4-9(8)7-10;1-2-6-10-8-4-3-7-9(10)5-1;6*1-4(2)3/h1-8H,(H,17,18,19)(H,20,21,22);1-6H,(H,11,12,13)(H,14,15,16);2*1-7H,(H,11,12,13);1-8H;;;;;;. The van der Waals surface area contributed by atoms with Gasteiger partial charge in [-0.15, -0.1) is 75.8 Å². The molecule has 12 aromatic rings. The SMILES string of the molecule is O=S(=O)(O)c1cc(S(=O)(=O)O)c2ccccc2c1.O=S(=O)(O)c1ccc2ccc3ccc(S(=O)(=O)O)c4ccc1c2c34.O=S(=O)(O)c1ccc2ccccc2c1.O=S(=O)(O)c1cccc2ccccc12.O=S(=O)=O.O=S(=O)=O.O=S(=O)=O.O=S(=O)=O.O=S(=O)=O.O=S(=O)=O.c1ccc2ccccc2c1. The first-order valence-electron chi connectivity index (χ1n) is 26.0. The van der Waals surface area contributed by atoms with E-state index in [0.717, 1.165) is 22.2 Å². The average Bonchev–Trinajstić information content (AvgIpc) is 0.723. The highest BCUT2D eigenvalue weighted by Crippen LogP contribution is 2.39. The summed E-state index contributed by atoms with van der Waals surface area (Å²) in [4.78, 5) is -1.77. The molecule has 0 aromatic heterocycles. The van der Waals surface area contributed by atoms with E-state index in [9.17, 15) is 59.6 Å². The van der Waals surface area contributed by atoms with Gasteiger partial charge in [0.05, 0.1) is 9.79 Å². The molecule has 0 aliphatic rings. The van der Waals surface area contributed by atoms with Gasteiger partial charge in [-0.05, 0) is 96.3 Å². The third-order valence-electron chi connectivity index (χ3n) is 12.2. The summed E-state index contributed by atoms with van der Waals surface area (Å²) in [5.74, 6) is 0. The summed E-state index contributed by atoms with van der Waals surface area (Å²) in [5, 5.41) is 9.16. The summed E-state index contributed by atoms with van der Waals surface area (Å²) < 4.78 is 341. The molecule has 104 heavy (non-hydrogen) atoms. The second kappa shape index (κ2) is 40.1. The minimum Gasteiger partial charge on any atom is -0.282 e. The third-order valence-corrected chi connectivity index (χ3v) is 17.5. The Kier molecular flexibility index (Phi) is 34.7. The molecule has 48 heteroatoms. The van der Waals surface area contributed by atoms with E-state index in [-0.39, 0.29) is 30.4 Å². The van der Waals surface area contributed by atoms with Crippen molar-refractivity contribution in [1.82, 2.24) is 0 Å². The zero-order chi connectivity index (χ0) is 79.5. The number of benzene rings is 12. The van der Waals surface area contributed by atoms with Crippen molar-refractivity contribution in [3.8, 4) is 0 Å². The van der Waals surface area contributed by atoms with Crippen molar-refractivity contribution >= 4 is 200 Å². The van der Waals surface area contributed by atoms with Gasteiger partial charge in [0.15, 0.2) is 0 Å². The second-order valence-electron chi connectivity index (χ2n) is 18.6. The van der Waals surface area contributed by atoms with Gasteiger partial charge in [0.2, 0.25) is 0 Å². The van der Waals surface area contributed by atoms with Crippen molar-refractivity contribution in [2.45, 2.75) is 29.4 Å². The van der Waals surface area contributed by atoms with Crippen LogP contribution in [0.3, 0.4) is 0 Å². The molecule has 0 spiro atoms.